The third-order valence-electron chi connectivity index (χ3n) is 2.83. The topological polar surface area (TPSA) is 38.3 Å². The van der Waals surface area contributed by atoms with E-state index in [9.17, 15) is 4.79 Å². The molecule has 0 aromatic heterocycles. The Morgan fingerprint density at radius 3 is 2.33 bits per heavy atom. The third kappa shape index (κ3) is 4.38. The van der Waals surface area contributed by atoms with E-state index in [-0.39, 0.29) is 5.97 Å². The van der Waals surface area contributed by atoms with Crippen LogP contribution in [0.15, 0.2) is 48.5 Å². The van der Waals surface area contributed by atoms with E-state index in [2.05, 4.69) is 5.32 Å². The smallest absolute Gasteiger partial charge is 0.333 e. The molecule has 0 saturated heterocycles. The number of halogens is 2. The summed E-state index contributed by atoms with van der Waals surface area (Å²) in [4.78, 5) is 12.2. The van der Waals surface area contributed by atoms with Crippen LogP contribution in [-0.4, -0.2) is 12.6 Å². The Hall–Kier alpha value is -1.71. The first-order valence-corrected chi connectivity index (χ1v) is 7.30. The van der Waals surface area contributed by atoms with Crippen LogP contribution in [-0.2, 0) is 9.53 Å². The molecule has 0 saturated carbocycles. The van der Waals surface area contributed by atoms with Crippen LogP contribution in [0.5, 0.6) is 0 Å². The third-order valence-corrected chi connectivity index (χ3v) is 3.26. The van der Waals surface area contributed by atoms with Crippen LogP contribution in [0.1, 0.15) is 18.5 Å². The predicted octanol–water partition coefficient (Wildman–Crippen LogP) is 4.71. The average Bonchev–Trinajstić information content (AvgIpc) is 2.45. The van der Waals surface area contributed by atoms with Crippen molar-refractivity contribution in [1.29, 1.82) is 0 Å². The van der Waals surface area contributed by atoms with E-state index in [1.54, 1.807) is 25.1 Å². The van der Waals surface area contributed by atoms with Crippen molar-refractivity contribution in [3.63, 3.8) is 0 Å². The highest BCUT2D eigenvalue weighted by molar-refractivity contribution is 6.34. The van der Waals surface area contributed by atoms with E-state index in [1.165, 1.54) is 0 Å². The van der Waals surface area contributed by atoms with Gasteiger partial charge in [-0.3, -0.25) is 0 Å². The van der Waals surface area contributed by atoms with Gasteiger partial charge < -0.3 is 10.1 Å². The van der Waals surface area contributed by atoms with Gasteiger partial charge in [0.25, 0.3) is 0 Å². The fourth-order valence-electron chi connectivity index (χ4n) is 1.95. The van der Waals surface area contributed by atoms with Gasteiger partial charge in [-0.1, -0.05) is 41.4 Å². The fraction of sp³-hybridized carbons (Fsp3) is 0.188. The lowest BCUT2D eigenvalue weighted by Crippen LogP contribution is -2.23. The Balaban J connectivity index is 2.33. The second-order valence-corrected chi connectivity index (χ2v) is 5.27. The number of esters is 1. The molecule has 3 nitrogen and oxygen atoms in total. The first kappa shape index (κ1) is 15.7. The summed E-state index contributed by atoms with van der Waals surface area (Å²) in [7, 11) is 0. The van der Waals surface area contributed by atoms with Crippen molar-refractivity contribution in [2.75, 3.05) is 11.9 Å². The number of para-hydroxylation sites is 1. The van der Waals surface area contributed by atoms with E-state index >= 15 is 0 Å². The first-order valence-electron chi connectivity index (χ1n) is 6.54. The molecule has 0 aliphatic heterocycles. The van der Waals surface area contributed by atoms with Gasteiger partial charge in [0.2, 0.25) is 0 Å². The van der Waals surface area contributed by atoms with Crippen LogP contribution in [0.25, 0.3) is 0 Å². The second kappa shape index (κ2) is 7.34. The number of hydrogen-bond donors (Lipinski definition) is 1. The number of rotatable bonds is 5. The Morgan fingerprint density at radius 2 is 1.76 bits per heavy atom. The Labute approximate surface area is 133 Å². The van der Waals surface area contributed by atoms with Crippen molar-refractivity contribution >= 4 is 34.9 Å². The molecule has 0 aliphatic carbocycles. The normalized spacial score (nSPS) is 11.8. The summed E-state index contributed by atoms with van der Waals surface area (Å²) in [6, 6.07) is 13.8. The van der Waals surface area contributed by atoms with Gasteiger partial charge in [-0.15, -0.1) is 0 Å². The number of hydrogen-bond acceptors (Lipinski definition) is 3. The molecule has 110 valence electrons. The van der Waals surface area contributed by atoms with Crippen molar-refractivity contribution in [3.8, 4) is 0 Å². The van der Waals surface area contributed by atoms with Gasteiger partial charge in [0.05, 0.1) is 6.61 Å². The lowest BCUT2D eigenvalue weighted by Gasteiger charge is -2.19. The molecule has 2 aromatic rings. The summed E-state index contributed by atoms with van der Waals surface area (Å²) in [5, 5.41) is 4.09. The quantitative estimate of drug-likeness (QED) is 0.810. The summed E-state index contributed by atoms with van der Waals surface area (Å²) >= 11 is 12.0. The van der Waals surface area contributed by atoms with Crippen LogP contribution in [0.2, 0.25) is 10.0 Å². The number of carbonyl (C=O) groups excluding carboxylic acids is 1. The zero-order valence-electron chi connectivity index (χ0n) is 11.5. The largest absolute Gasteiger partial charge is 0.464 e. The molecule has 1 unspecified atom stereocenters. The molecule has 0 aliphatic rings. The SMILES string of the molecule is CCOC(=O)C(Nc1ccccc1)c1cc(Cl)cc(Cl)c1. The van der Waals surface area contributed by atoms with Crippen molar-refractivity contribution in [2.24, 2.45) is 0 Å². The molecule has 1 N–H and O–H groups in total. The molecule has 0 amide bonds. The van der Waals surface area contributed by atoms with Crippen molar-refractivity contribution in [3.05, 3.63) is 64.1 Å². The standard InChI is InChI=1S/C16H15Cl2NO2/c1-2-21-16(20)15(19-14-6-4-3-5-7-14)11-8-12(17)10-13(18)9-11/h3-10,15,19H,2H2,1H3. The molecule has 0 bridgehead atoms. The first-order chi connectivity index (χ1) is 10.1. The van der Waals surface area contributed by atoms with Crippen molar-refractivity contribution < 1.29 is 9.53 Å². The van der Waals surface area contributed by atoms with E-state index in [4.69, 9.17) is 27.9 Å². The summed E-state index contributed by atoms with van der Waals surface area (Å²) in [5.41, 5.74) is 1.47. The monoisotopic (exact) mass is 323 g/mol. The van der Waals surface area contributed by atoms with Crippen molar-refractivity contribution in [2.45, 2.75) is 13.0 Å². The molecular weight excluding hydrogens is 309 g/mol. The summed E-state index contributed by atoms with van der Waals surface area (Å²) in [6.07, 6.45) is 0. The van der Waals surface area contributed by atoms with E-state index in [1.807, 2.05) is 30.3 Å². The summed E-state index contributed by atoms with van der Waals surface area (Å²) < 4.78 is 5.12. The van der Waals surface area contributed by atoms with Gasteiger partial charge in [-0.2, -0.15) is 0 Å². The van der Waals surface area contributed by atoms with Gasteiger partial charge in [0.1, 0.15) is 0 Å². The molecule has 5 heteroatoms. The maximum Gasteiger partial charge on any atom is 0.333 e. The maximum absolute atomic E-state index is 12.2. The number of anilines is 1. The summed E-state index contributed by atoms with van der Waals surface area (Å²) in [5.74, 6) is -0.375. The fourth-order valence-corrected chi connectivity index (χ4v) is 2.49. The maximum atomic E-state index is 12.2. The number of carbonyl (C=O) groups is 1. The van der Waals surface area contributed by atoms with Gasteiger partial charge in [-0.25, -0.2) is 4.79 Å². The Bertz CT molecular complexity index is 597. The number of nitrogens with one attached hydrogen (secondary N) is 1. The Kier molecular flexibility index (Phi) is 5.48. The highest BCUT2D eigenvalue weighted by atomic mass is 35.5. The lowest BCUT2D eigenvalue weighted by atomic mass is 10.1. The molecule has 21 heavy (non-hydrogen) atoms. The highest BCUT2D eigenvalue weighted by Gasteiger charge is 2.22. The number of benzene rings is 2. The van der Waals surface area contributed by atoms with E-state index in [0.717, 1.165) is 5.69 Å². The minimum absolute atomic E-state index is 0.306. The van der Waals surface area contributed by atoms with Crippen LogP contribution < -0.4 is 5.32 Å². The van der Waals surface area contributed by atoms with Crippen LogP contribution in [0.3, 0.4) is 0 Å². The van der Waals surface area contributed by atoms with Gasteiger partial charge in [-0.05, 0) is 42.8 Å². The van der Waals surface area contributed by atoms with Gasteiger partial charge >= 0.3 is 5.97 Å². The van der Waals surface area contributed by atoms with Crippen LogP contribution in [0.4, 0.5) is 5.69 Å². The second-order valence-electron chi connectivity index (χ2n) is 4.40. The molecule has 0 fully saturated rings. The highest BCUT2D eigenvalue weighted by Crippen LogP contribution is 2.27. The molecule has 2 rings (SSSR count). The van der Waals surface area contributed by atoms with Gasteiger partial charge in [0.15, 0.2) is 6.04 Å². The minimum atomic E-state index is -0.663. The predicted molar refractivity (Wildman–Crippen MR) is 85.9 cm³/mol. The van der Waals surface area contributed by atoms with Crippen LogP contribution >= 0.6 is 23.2 Å². The lowest BCUT2D eigenvalue weighted by molar-refractivity contribution is -0.144. The molecule has 0 spiro atoms. The molecule has 0 radical (unpaired) electrons. The Morgan fingerprint density at radius 1 is 1.14 bits per heavy atom. The molecule has 1 atom stereocenters. The molecule has 0 heterocycles. The summed E-state index contributed by atoms with van der Waals surface area (Å²) in [6.45, 7) is 2.07. The zero-order chi connectivity index (χ0) is 15.2. The number of ether oxygens (including phenoxy) is 1. The van der Waals surface area contributed by atoms with Gasteiger partial charge in [0, 0.05) is 15.7 Å². The van der Waals surface area contributed by atoms with Crippen molar-refractivity contribution in [1.82, 2.24) is 0 Å². The molecular formula is C16H15Cl2NO2. The zero-order valence-corrected chi connectivity index (χ0v) is 13.0. The van der Waals surface area contributed by atoms with E-state index in [0.29, 0.717) is 22.2 Å². The van der Waals surface area contributed by atoms with Crippen LogP contribution in [0, 0.1) is 0 Å². The average molecular weight is 324 g/mol. The van der Waals surface area contributed by atoms with E-state index < -0.39 is 6.04 Å². The molecule has 2 aromatic carbocycles. The minimum Gasteiger partial charge on any atom is -0.464 e.